The van der Waals surface area contributed by atoms with Crippen molar-refractivity contribution in [2.24, 2.45) is 0 Å². The molecule has 13 nitrogen and oxygen atoms in total. The molecular formula is C35H42Cl2N4O9S. The molecular weight excluding hydrogens is 723 g/mol. The number of aliphatic hydroxyl groups excluding tert-OH is 5. The summed E-state index contributed by atoms with van der Waals surface area (Å²) in [4.78, 5) is 34.4. The number of benzene rings is 2. The maximum absolute atomic E-state index is 14.0. The molecule has 1 saturated heterocycles. The highest BCUT2D eigenvalue weighted by Gasteiger charge is 2.40. The van der Waals surface area contributed by atoms with Crippen molar-refractivity contribution in [3.05, 3.63) is 75.7 Å². The molecule has 1 aromatic heterocycles. The minimum Gasteiger partial charge on any atom is -0.484 e. The van der Waals surface area contributed by atoms with Crippen LogP contribution in [0.4, 0.5) is 11.4 Å². The van der Waals surface area contributed by atoms with Crippen LogP contribution < -0.4 is 14.5 Å². The molecule has 0 spiro atoms. The Morgan fingerprint density at radius 3 is 2.45 bits per heavy atom. The van der Waals surface area contributed by atoms with Crippen molar-refractivity contribution in [1.29, 1.82) is 0 Å². The highest BCUT2D eigenvalue weighted by atomic mass is 35.5. The summed E-state index contributed by atoms with van der Waals surface area (Å²) >= 11 is 15.1. The number of furan rings is 1. The highest BCUT2D eigenvalue weighted by Crippen LogP contribution is 2.41. The third kappa shape index (κ3) is 8.45. The summed E-state index contributed by atoms with van der Waals surface area (Å²) in [5.74, 6) is 1.38. The van der Waals surface area contributed by atoms with Gasteiger partial charge in [0.2, 0.25) is 5.91 Å². The van der Waals surface area contributed by atoms with Crippen LogP contribution in [0.2, 0.25) is 10.0 Å². The summed E-state index contributed by atoms with van der Waals surface area (Å²) in [6.07, 6.45) is -4.49. The van der Waals surface area contributed by atoms with Crippen LogP contribution in [0, 0.1) is 0 Å². The van der Waals surface area contributed by atoms with Crippen molar-refractivity contribution in [3.8, 4) is 5.75 Å². The van der Waals surface area contributed by atoms with Gasteiger partial charge in [-0.05, 0) is 48.7 Å². The van der Waals surface area contributed by atoms with E-state index in [0.29, 0.717) is 52.3 Å². The molecule has 0 radical (unpaired) electrons. The van der Waals surface area contributed by atoms with Crippen molar-refractivity contribution in [2.45, 2.75) is 62.5 Å². The van der Waals surface area contributed by atoms with Crippen LogP contribution in [0.1, 0.15) is 34.7 Å². The topological polar surface area (TPSA) is 171 Å². The number of fused-ring (bicyclic) bond motifs is 1. The van der Waals surface area contributed by atoms with E-state index in [2.05, 4.69) is 15.9 Å². The van der Waals surface area contributed by atoms with Gasteiger partial charge < -0.3 is 49.4 Å². The molecule has 276 valence electrons. The SMILES string of the molecule is CN(C[C@H](O)[C@@H](O)[C@H](O)[C@H](O)CO)C(=O)c1ccc(COc2cc(Cl)c(CN3CSC[C@H]3C(=O)N3CCN(C4CC4)c4ccccc43)cc2Cl)o1. The van der Waals surface area contributed by atoms with Gasteiger partial charge in [-0.25, -0.2) is 0 Å². The van der Waals surface area contributed by atoms with E-state index >= 15 is 0 Å². The minimum atomic E-state index is -1.81. The number of amides is 2. The van der Waals surface area contributed by atoms with Gasteiger partial charge in [0.1, 0.15) is 42.5 Å². The average Bonchev–Trinajstić information content (AvgIpc) is 3.68. The Kier molecular flexibility index (Phi) is 12.1. The normalized spacial score (nSPS) is 20.1. The van der Waals surface area contributed by atoms with E-state index in [0.717, 1.165) is 28.4 Å². The molecule has 2 amide bonds. The number of anilines is 2. The Balaban J connectivity index is 1.04. The van der Waals surface area contributed by atoms with Gasteiger partial charge in [-0.2, -0.15) is 0 Å². The van der Waals surface area contributed by atoms with E-state index in [1.54, 1.807) is 30.0 Å². The number of hydrogen-bond acceptors (Lipinski definition) is 12. The Labute approximate surface area is 309 Å². The van der Waals surface area contributed by atoms with E-state index in [9.17, 15) is 30.0 Å². The number of carbonyl (C=O) groups is 2. The number of halogens is 2. The number of rotatable bonds is 14. The Morgan fingerprint density at radius 1 is 1.00 bits per heavy atom. The maximum Gasteiger partial charge on any atom is 0.289 e. The minimum absolute atomic E-state index is 0.0610. The van der Waals surface area contributed by atoms with E-state index in [1.807, 2.05) is 23.1 Å². The van der Waals surface area contributed by atoms with Crippen LogP contribution in [0.5, 0.6) is 5.75 Å². The molecule has 0 unspecified atom stereocenters. The molecule has 3 heterocycles. The molecule has 3 aliphatic rings. The van der Waals surface area contributed by atoms with Gasteiger partial charge in [0, 0.05) is 62.0 Å². The number of carbonyl (C=O) groups excluding carboxylic acids is 2. The van der Waals surface area contributed by atoms with E-state index < -0.39 is 43.5 Å². The van der Waals surface area contributed by atoms with Crippen molar-refractivity contribution >= 4 is 58.2 Å². The van der Waals surface area contributed by atoms with Crippen molar-refractivity contribution in [2.75, 3.05) is 54.7 Å². The summed E-state index contributed by atoms with van der Waals surface area (Å²) in [7, 11) is 1.36. The summed E-state index contributed by atoms with van der Waals surface area (Å²) in [5.41, 5.74) is 2.84. The maximum atomic E-state index is 14.0. The summed E-state index contributed by atoms with van der Waals surface area (Å²) in [6.45, 7) is 0.622. The fraction of sp³-hybridized carbons (Fsp3) is 0.486. The largest absolute Gasteiger partial charge is 0.484 e. The van der Waals surface area contributed by atoms with Gasteiger partial charge in [-0.1, -0.05) is 35.3 Å². The first-order valence-electron chi connectivity index (χ1n) is 16.7. The smallest absolute Gasteiger partial charge is 0.289 e. The van der Waals surface area contributed by atoms with E-state index in [1.165, 1.54) is 26.0 Å². The lowest BCUT2D eigenvalue weighted by Crippen LogP contribution is -2.52. The van der Waals surface area contributed by atoms with Gasteiger partial charge in [0.05, 0.1) is 29.0 Å². The monoisotopic (exact) mass is 764 g/mol. The molecule has 6 rings (SSSR count). The predicted molar refractivity (Wildman–Crippen MR) is 193 cm³/mol. The second-order valence-electron chi connectivity index (χ2n) is 13.1. The summed E-state index contributed by atoms with van der Waals surface area (Å²) < 4.78 is 11.5. The van der Waals surface area contributed by atoms with Crippen molar-refractivity contribution in [1.82, 2.24) is 9.80 Å². The molecule has 3 aromatic rings. The number of nitrogens with zero attached hydrogens (tertiary/aromatic N) is 4. The first-order chi connectivity index (χ1) is 24.5. The Hall–Kier alpha value is -3.05. The highest BCUT2D eigenvalue weighted by molar-refractivity contribution is 7.99. The first-order valence-corrected chi connectivity index (χ1v) is 18.6. The fourth-order valence-electron chi connectivity index (χ4n) is 6.38. The van der Waals surface area contributed by atoms with Gasteiger partial charge in [0.25, 0.3) is 5.91 Å². The molecule has 5 N–H and O–H groups in total. The zero-order chi connectivity index (χ0) is 36.4. The van der Waals surface area contributed by atoms with Crippen molar-refractivity contribution < 1.29 is 44.3 Å². The van der Waals surface area contributed by atoms with Crippen LogP contribution in [0.15, 0.2) is 52.9 Å². The zero-order valence-corrected chi connectivity index (χ0v) is 30.3. The number of aliphatic hydroxyl groups is 5. The number of para-hydroxylation sites is 2. The summed E-state index contributed by atoms with van der Waals surface area (Å²) in [6, 6.07) is 14.7. The number of hydrogen-bond donors (Lipinski definition) is 5. The second kappa shape index (κ2) is 16.3. The zero-order valence-electron chi connectivity index (χ0n) is 28.0. The standard InChI is InChI=1S/C35H42Cl2N4O9S/c1-38(15-28(43)32(45)33(46)29(44)16-42)35(48)30-9-8-22(50-30)17-49-31-13-23(36)20(12-24(31)37)14-39-19-51-18-27(39)34(47)41-11-10-40(21-6-7-21)25-4-2-3-5-26(25)41/h2-5,8-9,12-13,21,27-29,32-33,42-46H,6-7,10-11,14-19H2,1H3/t27-,28-,29+,32+,33+/m0/s1. The van der Waals surface area contributed by atoms with E-state index in [4.69, 9.17) is 37.5 Å². The number of ether oxygens (including phenoxy) is 1. The predicted octanol–water partition coefficient (Wildman–Crippen LogP) is 2.56. The van der Waals surface area contributed by atoms with Gasteiger partial charge in [-0.15, -0.1) is 11.8 Å². The molecule has 2 fully saturated rings. The lowest BCUT2D eigenvalue weighted by Gasteiger charge is -2.39. The molecule has 0 bridgehead atoms. The molecule has 5 atom stereocenters. The lowest BCUT2D eigenvalue weighted by atomic mass is 10.0. The molecule has 2 aromatic carbocycles. The van der Waals surface area contributed by atoms with Crippen LogP contribution in [0.25, 0.3) is 0 Å². The quantitative estimate of drug-likeness (QED) is 0.163. The second-order valence-corrected chi connectivity index (χ2v) is 14.9. The molecule has 16 heteroatoms. The molecule has 1 aliphatic carbocycles. The van der Waals surface area contributed by atoms with Crippen LogP contribution in [-0.2, 0) is 17.9 Å². The summed E-state index contributed by atoms with van der Waals surface area (Å²) in [5, 5.41) is 49.3. The first kappa shape index (κ1) is 37.7. The average molecular weight is 766 g/mol. The third-order valence-corrected chi connectivity index (χ3v) is 11.1. The Bertz CT molecular complexity index is 1710. The number of thioether (sulfide) groups is 1. The lowest BCUT2D eigenvalue weighted by molar-refractivity contribution is -0.122. The van der Waals surface area contributed by atoms with Gasteiger partial charge in [-0.3, -0.25) is 14.5 Å². The fourth-order valence-corrected chi connectivity index (χ4v) is 8.02. The van der Waals surface area contributed by atoms with Gasteiger partial charge >= 0.3 is 0 Å². The molecule has 51 heavy (non-hydrogen) atoms. The van der Waals surface area contributed by atoms with E-state index in [-0.39, 0.29) is 24.3 Å². The third-order valence-electron chi connectivity index (χ3n) is 9.41. The van der Waals surface area contributed by atoms with Crippen LogP contribution in [-0.4, -0.2) is 129 Å². The molecule has 2 aliphatic heterocycles. The van der Waals surface area contributed by atoms with Crippen molar-refractivity contribution in [3.63, 3.8) is 0 Å². The van der Waals surface area contributed by atoms with Gasteiger partial charge in [0.15, 0.2) is 5.76 Å². The molecule has 1 saturated carbocycles. The number of likely N-dealkylation sites (N-methyl/N-ethyl adjacent to an activating group) is 1. The van der Waals surface area contributed by atoms with Crippen LogP contribution >= 0.6 is 35.0 Å². The van der Waals surface area contributed by atoms with Crippen LogP contribution in [0.3, 0.4) is 0 Å². The Morgan fingerprint density at radius 2 is 1.73 bits per heavy atom.